The molecule has 4 saturated carbocycles. The SMILES string of the molecule is COCCOCCOCCOCCOCCOCCOCCOCCCN(CCCOCCOCCOCCOCCOCCOCCOCCOC)CCCc1cc(CC(=O)[C@H](C)NC(=O)[C@@H](CC(=O)CN2C(=O)C=CC2=O)C(C)C)ccc1COC(=O)N(CCOC12CC3(C)CC(C)(CC(Cn4ncc(-c5ccc(N6CCc7cccc(C(=O)Nc8nc9ccccc9s8)c7C6)nc5C(=O)O)c4C)(C3)C1)C2)CCS(=O)(=O)O. The molecular weight excluding hydrogens is 1970 g/mol. The zero-order valence-corrected chi connectivity index (χ0v) is 89.6. The Kier molecular flexibility index (Phi) is 50.6. The number of aromatic nitrogens is 4. The molecule has 3 aromatic heterocycles. The number of methoxy groups -OCH3 is 2. The third-order valence-corrected chi connectivity index (χ3v) is 28.7. The van der Waals surface area contributed by atoms with Crippen LogP contribution in [0.1, 0.15) is 153 Å². The minimum absolute atomic E-state index is 0.00137. The van der Waals surface area contributed by atoms with Gasteiger partial charge in [0.25, 0.3) is 27.8 Å². The molecule has 2 aliphatic heterocycles. The predicted molar refractivity (Wildman–Crippen MR) is 555 cm³/mol. The molecule has 4 atom stereocenters. The van der Waals surface area contributed by atoms with Gasteiger partial charge in [0.2, 0.25) is 5.91 Å². The third kappa shape index (κ3) is 40.3. The molecule has 0 radical (unpaired) electrons. The molecule has 5 amide bonds. The van der Waals surface area contributed by atoms with Crippen LogP contribution in [0.15, 0.2) is 91.1 Å². The average Bonchev–Trinajstić information content (AvgIpc) is 1.06. The number of nitrogens with one attached hydrogen (secondary N) is 2. The van der Waals surface area contributed by atoms with Gasteiger partial charge in [0.15, 0.2) is 22.4 Å². The first-order valence-electron chi connectivity index (χ1n) is 52.0. The van der Waals surface area contributed by atoms with Crippen LogP contribution in [0.25, 0.3) is 21.3 Å². The highest BCUT2D eigenvalue weighted by molar-refractivity contribution is 7.85. The van der Waals surface area contributed by atoms with Crippen molar-refractivity contribution in [1.29, 1.82) is 0 Å². The second kappa shape index (κ2) is 62.8. The van der Waals surface area contributed by atoms with Gasteiger partial charge in [0.05, 0.1) is 232 Å². The van der Waals surface area contributed by atoms with Gasteiger partial charge in [-0.15, -0.1) is 0 Å². The van der Waals surface area contributed by atoms with E-state index in [1.165, 1.54) is 16.2 Å². The number of carbonyl (C=O) groups excluding carboxylic acids is 7. The smallest absolute Gasteiger partial charge is 0.410 e. The molecule has 40 nitrogen and oxygen atoms in total. The summed E-state index contributed by atoms with van der Waals surface area (Å²) in [7, 11) is -1.35. The Morgan fingerprint density at radius 3 is 1.62 bits per heavy atom. The first-order valence-corrected chi connectivity index (χ1v) is 54.5. The maximum Gasteiger partial charge on any atom is 0.410 e. The summed E-state index contributed by atoms with van der Waals surface area (Å²) in [6, 6.07) is 21.4. The summed E-state index contributed by atoms with van der Waals surface area (Å²) in [5.41, 5.74) is 5.46. The lowest BCUT2D eigenvalue weighted by Crippen LogP contribution is -2.64. The molecule has 4 fully saturated rings. The third-order valence-electron chi connectivity index (χ3n) is 27.1. The molecule has 4 aliphatic carbocycles. The van der Waals surface area contributed by atoms with Gasteiger partial charge in [-0.25, -0.2) is 19.6 Å². The van der Waals surface area contributed by atoms with E-state index in [1.807, 2.05) is 65.0 Å². The first-order chi connectivity index (χ1) is 71.9. The zero-order valence-electron chi connectivity index (χ0n) is 88.0. The van der Waals surface area contributed by atoms with E-state index >= 15 is 0 Å². The Balaban J connectivity index is 0.707. The number of pyridine rings is 1. The van der Waals surface area contributed by atoms with Gasteiger partial charge in [0.1, 0.15) is 12.4 Å². The lowest BCUT2D eigenvalue weighted by Gasteiger charge is -2.69. The van der Waals surface area contributed by atoms with E-state index < -0.39 is 82.1 Å². The number of anilines is 2. The Hall–Kier alpha value is -9.20. The Labute approximate surface area is 878 Å². The highest BCUT2D eigenvalue weighted by atomic mass is 32.2. The number of fused-ring (bicyclic) bond motifs is 2. The maximum absolute atomic E-state index is 14.8. The number of nitrogens with zero attached hydrogens (tertiary/aromatic N) is 8. The molecule has 0 saturated heterocycles. The number of carbonyl (C=O) groups is 8. The van der Waals surface area contributed by atoms with E-state index in [0.29, 0.717) is 315 Å². The first kappa shape index (κ1) is 120. The number of ether oxygens (including phenoxy) is 18. The van der Waals surface area contributed by atoms with Gasteiger partial charge < -0.3 is 110 Å². The zero-order chi connectivity index (χ0) is 106. The van der Waals surface area contributed by atoms with Crippen molar-refractivity contribution in [3.8, 4) is 11.1 Å². The molecule has 42 heteroatoms. The van der Waals surface area contributed by atoms with Crippen LogP contribution in [0, 0.1) is 35.0 Å². The van der Waals surface area contributed by atoms with Gasteiger partial charge >= 0.3 is 12.1 Å². The molecule has 826 valence electrons. The number of carboxylic acids is 1. The quantitative estimate of drug-likeness (QED) is 0.0157. The van der Waals surface area contributed by atoms with Crippen molar-refractivity contribution in [1.82, 2.24) is 39.8 Å². The second-order valence-electron chi connectivity index (χ2n) is 39.6. The van der Waals surface area contributed by atoms with Crippen molar-refractivity contribution in [2.75, 3.05) is 281 Å². The van der Waals surface area contributed by atoms with Crippen LogP contribution in [0.3, 0.4) is 0 Å². The number of amides is 5. The van der Waals surface area contributed by atoms with Gasteiger partial charge in [-0.2, -0.15) is 13.5 Å². The number of carboxylic acid groups (broad SMARTS) is 1. The lowest BCUT2D eigenvalue weighted by molar-refractivity contribution is -0.248. The summed E-state index contributed by atoms with van der Waals surface area (Å²) >= 11 is 1.40. The second-order valence-corrected chi connectivity index (χ2v) is 42.2. The number of hydrogen-bond donors (Lipinski definition) is 4. The van der Waals surface area contributed by atoms with Crippen molar-refractivity contribution >= 4 is 89.9 Å². The molecule has 4 bridgehead atoms. The summed E-state index contributed by atoms with van der Waals surface area (Å²) < 4.78 is 141. The fraction of sp³-hybridized carbons (Fsp3) is 0.654. The molecule has 5 heterocycles. The van der Waals surface area contributed by atoms with E-state index in [-0.39, 0.29) is 72.1 Å². The van der Waals surface area contributed by atoms with Crippen LogP contribution >= 0.6 is 11.3 Å². The minimum Gasteiger partial charge on any atom is -0.476 e. The van der Waals surface area contributed by atoms with Crippen LogP contribution in [-0.2, 0) is 158 Å². The largest absolute Gasteiger partial charge is 0.476 e. The van der Waals surface area contributed by atoms with Crippen molar-refractivity contribution in [3.05, 3.63) is 136 Å². The number of rotatable bonds is 80. The van der Waals surface area contributed by atoms with E-state index in [4.69, 9.17) is 95.3 Å². The van der Waals surface area contributed by atoms with E-state index in [2.05, 4.69) is 34.4 Å². The summed E-state index contributed by atoms with van der Waals surface area (Å²) in [5.74, 6) is -5.67. The van der Waals surface area contributed by atoms with Gasteiger partial charge in [-0.1, -0.05) is 81.5 Å². The molecule has 6 aromatic rings. The Bertz CT molecular complexity index is 5210. The molecular formula is C107H156N10O30S2. The molecule has 149 heavy (non-hydrogen) atoms. The standard InChI is InChI=1S/C107H156N10O30S2/c1-79(2)89(67-86(118)69-116-96(120)24-25-97(116)121)100(123)109-80(3)93(119)66-82-20-21-85(84(65-82)16-12-27-113(28-13-33-132-40-42-136-48-50-140-56-58-144-62-60-142-54-52-138-46-44-134-38-36-130-7)29-14-34-133-41-43-137-49-51-141-57-59-145-63-61-143-55-53-139-47-45-135-39-37-131-8)71-146-103(126)114(32-64-149(127,128)129)31-35-147-107-75-104(5)72-105(6,76-107)74-106(73-104,77-107)78-117-81(4)90(68-108-117)87-22-23-95(111-98(87)101(124)125)115-30-26-83-15-11-17-88(91(83)70-115)99(122)112-102-110-92-18-9-10-19-94(92)148-102/h9-11,15,17-25,65,68,79-80,89H,12-14,16,26-64,66-67,69-78H2,1-8H3,(H,109,123)(H,124,125)(H,110,112,122)(H,127,128,129)/t80-,89-,104?,105?,106?,107?/m0/s1. The minimum atomic E-state index is -4.60. The molecule has 12 rings (SSSR count). The van der Waals surface area contributed by atoms with E-state index in [9.17, 15) is 56.4 Å². The van der Waals surface area contributed by atoms with E-state index in [0.717, 1.165) is 81.8 Å². The van der Waals surface area contributed by atoms with Crippen molar-refractivity contribution in [2.24, 2.45) is 28.1 Å². The summed E-state index contributed by atoms with van der Waals surface area (Å²) in [6.07, 6.45) is 10.5. The number of aryl methyl sites for hydroxylation is 1. The van der Waals surface area contributed by atoms with Crippen molar-refractivity contribution in [3.63, 3.8) is 0 Å². The number of para-hydroxylation sites is 1. The predicted octanol–water partition coefficient (Wildman–Crippen LogP) is 10.4. The highest BCUT2D eigenvalue weighted by Crippen LogP contribution is 2.72. The summed E-state index contributed by atoms with van der Waals surface area (Å²) in [6.45, 7) is 26.9. The number of aromatic carboxylic acids is 1. The Morgan fingerprint density at radius 2 is 1.10 bits per heavy atom. The average molecular weight is 2130 g/mol. The summed E-state index contributed by atoms with van der Waals surface area (Å²) in [5, 5.41) is 22.2. The topological polar surface area (TPSA) is 458 Å². The van der Waals surface area contributed by atoms with E-state index in [1.54, 1.807) is 65.5 Å². The number of hydrogen-bond acceptors (Lipinski definition) is 34. The van der Waals surface area contributed by atoms with Crippen molar-refractivity contribution < 1.29 is 142 Å². The number of thiazole rings is 1. The number of benzene rings is 3. The van der Waals surface area contributed by atoms with Gasteiger partial charge in [-0.3, -0.25) is 48.2 Å². The van der Waals surface area contributed by atoms with Crippen LogP contribution in [0.5, 0.6) is 0 Å². The van der Waals surface area contributed by atoms with Crippen molar-refractivity contribution in [2.45, 2.75) is 156 Å². The fourth-order valence-electron chi connectivity index (χ4n) is 20.9. The van der Waals surface area contributed by atoms with Crippen LogP contribution < -0.4 is 15.5 Å². The molecule has 6 aliphatic rings. The molecule has 2 unspecified atom stereocenters. The van der Waals surface area contributed by atoms with Crippen LogP contribution in [0.4, 0.5) is 15.7 Å². The van der Waals surface area contributed by atoms with Gasteiger partial charge in [0, 0.05) is 127 Å². The molecule has 0 spiro atoms. The number of Topliss-reactive ketones (excluding diaryl/α,β-unsaturated/α-hetero) is 2. The van der Waals surface area contributed by atoms with Crippen LogP contribution in [0.2, 0.25) is 0 Å². The van der Waals surface area contributed by atoms with Crippen LogP contribution in [-0.4, -0.2) is 382 Å². The fourth-order valence-corrected chi connectivity index (χ4v) is 22.2. The maximum atomic E-state index is 14.8. The summed E-state index contributed by atoms with van der Waals surface area (Å²) in [4.78, 5) is 124. The highest BCUT2D eigenvalue weighted by Gasteiger charge is 2.66. The molecule has 4 N–H and O–H groups in total. The monoisotopic (exact) mass is 2130 g/mol. The molecule has 3 aromatic carbocycles. The normalized spacial score (nSPS) is 18.3. The number of imide groups is 1. The Morgan fingerprint density at radius 1 is 0.570 bits per heavy atom. The lowest BCUT2D eigenvalue weighted by atomic mass is 9.39. The number of ketones is 2. The van der Waals surface area contributed by atoms with Gasteiger partial charge in [-0.05, 0) is 171 Å².